The van der Waals surface area contributed by atoms with Crippen LogP contribution in [0.15, 0.2) is 0 Å². The first-order chi connectivity index (χ1) is 9.12. The van der Waals surface area contributed by atoms with Crippen LogP contribution in [-0.2, 0) is 29.5 Å². The summed E-state index contributed by atoms with van der Waals surface area (Å²) in [4.78, 5) is 0. The normalized spacial score (nSPS) is 15.4. The number of hydrogen-bond donors (Lipinski definition) is 0. The Hall–Kier alpha value is 1.03. The Morgan fingerprint density at radius 3 is 0.696 bits per heavy atom. The fraction of sp³-hybridized carbons (Fsp3) is 0.750. The van der Waals surface area contributed by atoms with Gasteiger partial charge in [0, 0.05) is 0 Å². The summed E-state index contributed by atoms with van der Waals surface area (Å²) in [5.41, 5.74) is -21.2. The van der Waals surface area contributed by atoms with Gasteiger partial charge in [-0.1, -0.05) is 0 Å². The summed E-state index contributed by atoms with van der Waals surface area (Å²) in [6, 6.07) is 0. The van der Waals surface area contributed by atoms with Gasteiger partial charge in [-0.15, -0.1) is 0 Å². The Bertz CT molecular complexity index is 634. The van der Waals surface area contributed by atoms with Crippen molar-refractivity contribution in [3.8, 4) is 0 Å². The van der Waals surface area contributed by atoms with Gasteiger partial charge in [-0.2, -0.15) is 39.5 Å². The molecule has 19 heteroatoms. The first kappa shape index (κ1) is 26.3. The van der Waals surface area contributed by atoms with Crippen molar-refractivity contribution in [2.45, 2.75) is 16.5 Å². The molecule has 0 aromatic heterocycles. The minimum Gasteiger partial charge on any atom is -0.251 e. The smallest absolute Gasteiger partial charge is 0.251 e. The zero-order chi connectivity index (χ0) is 18.6. The van der Waals surface area contributed by atoms with E-state index < -0.39 is 50.0 Å². The van der Waals surface area contributed by atoms with E-state index in [9.17, 15) is 64.8 Å². The van der Waals surface area contributed by atoms with Crippen molar-refractivity contribution in [3.05, 3.63) is 3.91 Å². The van der Waals surface area contributed by atoms with E-state index >= 15 is 0 Å². The van der Waals surface area contributed by atoms with Gasteiger partial charge in [-0.05, 0) is 0 Å². The molecule has 0 bridgehead atoms. The quantitative estimate of drug-likeness (QED) is 0.339. The van der Waals surface area contributed by atoms with Crippen molar-refractivity contribution in [2.75, 3.05) is 0 Å². The summed E-state index contributed by atoms with van der Waals surface area (Å²) in [6.45, 7) is 0. The summed E-state index contributed by atoms with van der Waals surface area (Å²) in [5, 5.41) is 0. The average molecular weight is 497 g/mol. The predicted molar refractivity (Wildman–Crippen MR) is 48.2 cm³/mol. The van der Waals surface area contributed by atoms with Crippen molar-refractivity contribution >= 4 is 29.5 Å². The molecule has 0 spiro atoms. The van der Waals surface area contributed by atoms with E-state index in [2.05, 4.69) is 0 Å². The Labute approximate surface area is 170 Å². The zero-order valence-corrected chi connectivity index (χ0v) is 17.4. The Balaban J connectivity index is 0. The molecule has 134 valence electrons. The number of alkyl halides is 9. The van der Waals surface area contributed by atoms with E-state index in [0.717, 1.165) is 0 Å². The van der Waals surface area contributed by atoms with Crippen molar-refractivity contribution in [3.63, 3.8) is 0 Å². The van der Waals surface area contributed by atoms with E-state index in [1.807, 2.05) is 0 Å². The number of sulfone groups is 3. The van der Waals surface area contributed by atoms with E-state index in [0.29, 0.717) is 0 Å². The van der Waals surface area contributed by atoms with Gasteiger partial charge in [0.1, 0.15) is 0 Å². The minimum atomic E-state index is -8.02. The SMILES string of the molecule is O=S(=O)([C-](S(=O)(=O)C(F)(F)F)S(=O)(=O)C(F)(F)F)C(F)(F)F.[Rb+]. The summed E-state index contributed by atoms with van der Waals surface area (Å²) in [5.74, 6) is 0. The molecule has 0 rings (SSSR count). The third kappa shape index (κ3) is 4.80. The summed E-state index contributed by atoms with van der Waals surface area (Å²) >= 11 is 0. The van der Waals surface area contributed by atoms with E-state index in [1.54, 1.807) is 0 Å². The Kier molecular flexibility index (Phi) is 7.96. The molecule has 0 unspecified atom stereocenters. The molecular weight excluding hydrogens is 497 g/mol. The van der Waals surface area contributed by atoms with Crippen LogP contribution >= 0.6 is 0 Å². The average Bonchev–Trinajstić information content (AvgIpc) is 2.09. The van der Waals surface area contributed by atoms with Crippen LogP contribution in [0.5, 0.6) is 0 Å². The molecule has 0 aliphatic heterocycles. The first-order valence-electron chi connectivity index (χ1n) is 3.93. The molecular formula is C4F9O6RbS3. The van der Waals surface area contributed by atoms with Crippen molar-refractivity contribution in [1.82, 2.24) is 0 Å². The summed E-state index contributed by atoms with van der Waals surface area (Å²) in [7, 11) is -24.1. The van der Waals surface area contributed by atoms with Crippen LogP contribution < -0.4 is 58.2 Å². The molecule has 0 aliphatic carbocycles. The first-order valence-corrected chi connectivity index (χ1v) is 8.38. The Morgan fingerprint density at radius 1 is 0.478 bits per heavy atom. The van der Waals surface area contributed by atoms with Crippen LogP contribution in [0.3, 0.4) is 0 Å². The second kappa shape index (κ2) is 6.97. The third-order valence-electron chi connectivity index (χ3n) is 1.57. The van der Waals surface area contributed by atoms with Crippen LogP contribution in [-0.4, -0.2) is 41.8 Å². The molecule has 0 aromatic rings. The molecule has 23 heavy (non-hydrogen) atoms. The molecule has 0 heterocycles. The van der Waals surface area contributed by atoms with Crippen LogP contribution in [0.4, 0.5) is 39.5 Å². The Morgan fingerprint density at radius 2 is 0.609 bits per heavy atom. The van der Waals surface area contributed by atoms with Gasteiger partial charge in [0.05, 0.1) is 3.91 Å². The van der Waals surface area contributed by atoms with Crippen LogP contribution in [0.25, 0.3) is 0 Å². The largest absolute Gasteiger partial charge is 1.00 e. The second-order valence-electron chi connectivity index (χ2n) is 3.10. The summed E-state index contributed by atoms with van der Waals surface area (Å²) in [6.07, 6.45) is 0. The van der Waals surface area contributed by atoms with Crippen molar-refractivity contribution in [2.24, 2.45) is 0 Å². The van der Waals surface area contributed by atoms with Gasteiger partial charge in [-0.3, -0.25) is 25.3 Å². The van der Waals surface area contributed by atoms with Crippen LogP contribution in [0.2, 0.25) is 0 Å². The molecule has 0 aliphatic rings. The number of halogens is 9. The van der Waals surface area contributed by atoms with Gasteiger partial charge < -0.3 is 0 Å². The standard InChI is InChI=1S/C4F9O6S3.Rb/c5-2(6,7)20(14,15)1(21(16,17)3(8,9)10)22(18,19)4(11,12)13;/q-1;+1. The maximum atomic E-state index is 12.0. The van der Waals surface area contributed by atoms with Crippen LogP contribution in [0, 0.1) is 3.91 Å². The van der Waals surface area contributed by atoms with Gasteiger partial charge in [0.2, 0.25) is 0 Å². The minimum absolute atomic E-state index is 0. The topological polar surface area (TPSA) is 102 Å². The maximum Gasteiger partial charge on any atom is 1.00 e. The van der Waals surface area contributed by atoms with Gasteiger partial charge in [0.15, 0.2) is 29.5 Å². The molecule has 0 saturated heterocycles. The molecule has 6 nitrogen and oxygen atoms in total. The third-order valence-corrected chi connectivity index (χ3v) is 8.67. The van der Waals surface area contributed by atoms with Crippen molar-refractivity contribution in [1.29, 1.82) is 0 Å². The maximum absolute atomic E-state index is 12.0. The predicted octanol–water partition coefficient (Wildman–Crippen LogP) is -1.76. The fourth-order valence-electron chi connectivity index (χ4n) is 0.717. The molecule has 0 aromatic carbocycles. The molecule has 0 saturated carbocycles. The van der Waals surface area contributed by atoms with Gasteiger partial charge in [-0.25, -0.2) is 0 Å². The molecule has 0 N–H and O–H groups in total. The second-order valence-corrected chi connectivity index (χ2v) is 9.51. The molecule has 0 atom stereocenters. The fourth-order valence-corrected chi connectivity index (χ4v) is 6.45. The van der Waals surface area contributed by atoms with E-state index in [-0.39, 0.29) is 58.2 Å². The molecule has 0 radical (unpaired) electrons. The number of hydrogen-bond acceptors (Lipinski definition) is 6. The monoisotopic (exact) mass is 496 g/mol. The van der Waals surface area contributed by atoms with Crippen molar-refractivity contribution < 1.29 is 123 Å². The van der Waals surface area contributed by atoms with Crippen LogP contribution in [0.1, 0.15) is 0 Å². The van der Waals surface area contributed by atoms with Gasteiger partial charge >= 0.3 is 74.7 Å². The van der Waals surface area contributed by atoms with E-state index in [4.69, 9.17) is 0 Å². The van der Waals surface area contributed by atoms with E-state index in [1.165, 1.54) is 0 Å². The number of rotatable bonds is 3. The summed E-state index contributed by atoms with van der Waals surface area (Å²) < 4.78 is 167. The molecule has 0 amide bonds. The zero-order valence-electron chi connectivity index (χ0n) is 10.1. The molecule has 0 fully saturated rings. The van der Waals surface area contributed by atoms with Gasteiger partial charge in [0.25, 0.3) is 0 Å².